The standard InChI is InChI=1S/C12H13NO2/c1-14-12(15-2)11-8-4-3-6-10(11)7-5-9-13/h3-8,12H,1-2H3/b7-5+. The molecule has 0 fully saturated rings. The first-order chi connectivity index (χ1) is 7.33. The van der Waals surface area contributed by atoms with Crippen LogP contribution in [0.25, 0.3) is 6.08 Å². The van der Waals surface area contributed by atoms with E-state index in [9.17, 15) is 0 Å². The van der Waals surface area contributed by atoms with Crippen molar-refractivity contribution >= 4 is 6.08 Å². The summed E-state index contributed by atoms with van der Waals surface area (Å²) in [6.45, 7) is 0. The van der Waals surface area contributed by atoms with Crippen LogP contribution in [0.4, 0.5) is 0 Å². The van der Waals surface area contributed by atoms with Gasteiger partial charge in [-0.15, -0.1) is 0 Å². The zero-order valence-corrected chi connectivity index (χ0v) is 8.81. The number of nitrogens with zero attached hydrogens (tertiary/aromatic N) is 1. The van der Waals surface area contributed by atoms with Gasteiger partial charge in [0.2, 0.25) is 0 Å². The molecule has 0 saturated heterocycles. The first-order valence-electron chi connectivity index (χ1n) is 4.54. The summed E-state index contributed by atoms with van der Waals surface area (Å²) in [6.07, 6.45) is 2.77. The van der Waals surface area contributed by atoms with Crippen LogP contribution < -0.4 is 0 Å². The van der Waals surface area contributed by atoms with Gasteiger partial charge in [-0.05, 0) is 11.6 Å². The van der Waals surface area contributed by atoms with Crippen LogP contribution >= 0.6 is 0 Å². The summed E-state index contributed by atoms with van der Waals surface area (Å²) in [6, 6.07) is 9.59. The van der Waals surface area contributed by atoms with Crippen molar-refractivity contribution in [2.45, 2.75) is 6.29 Å². The molecule has 15 heavy (non-hydrogen) atoms. The monoisotopic (exact) mass is 203 g/mol. The zero-order valence-electron chi connectivity index (χ0n) is 8.81. The highest BCUT2D eigenvalue weighted by molar-refractivity contribution is 5.56. The average molecular weight is 203 g/mol. The van der Waals surface area contributed by atoms with Gasteiger partial charge in [0.05, 0.1) is 6.07 Å². The molecule has 1 aromatic rings. The molecule has 3 heteroatoms. The molecule has 0 aromatic heterocycles. The van der Waals surface area contributed by atoms with Crippen molar-refractivity contribution in [2.75, 3.05) is 14.2 Å². The van der Waals surface area contributed by atoms with E-state index in [2.05, 4.69) is 0 Å². The number of rotatable bonds is 4. The Morgan fingerprint density at radius 3 is 2.53 bits per heavy atom. The Labute approximate surface area is 89.6 Å². The van der Waals surface area contributed by atoms with E-state index < -0.39 is 6.29 Å². The number of allylic oxidation sites excluding steroid dienone is 1. The third kappa shape index (κ3) is 2.91. The Morgan fingerprint density at radius 2 is 1.93 bits per heavy atom. The summed E-state index contributed by atoms with van der Waals surface area (Å²) in [5.41, 5.74) is 1.83. The molecule has 0 aliphatic carbocycles. The highest BCUT2D eigenvalue weighted by atomic mass is 16.7. The largest absolute Gasteiger partial charge is 0.352 e. The second kappa shape index (κ2) is 5.97. The predicted octanol–water partition coefficient (Wildman–Crippen LogP) is 2.51. The molecule has 1 rings (SSSR count). The maximum atomic E-state index is 8.47. The third-order valence-corrected chi connectivity index (χ3v) is 2.02. The van der Waals surface area contributed by atoms with Gasteiger partial charge in [0.15, 0.2) is 6.29 Å². The molecule has 78 valence electrons. The van der Waals surface area contributed by atoms with E-state index in [0.29, 0.717) is 0 Å². The summed E-state index contributed by atoms with van der Waals surface area (Å²) in [7, 11) is 3.16. The van der Waals surface area contributed by atoms with Gasteiger partial charge in [-0.2, -0.15) is 5.26 Å². The van der Waals surface area contributed by atoms with Crippen molar-refractivity contribution in [3.63, 3.8) is 0 Å². The van der Waals surface area contributed by atoms with Gasteiger partial charge in [0.1, 0.15) is 0 Å². The molecular weight excluding hydrogens is 190 g/mol. The lowest BCUT2D eigenvalue weighted by Crippen LogP contribution is -2.05. The molecule has 0 aliphatic rings. The van der Waals surface area contributed by atoms with Crippen LogP contribution in [-0.2, 0) is 9.47 Å². The van der Waals surface area contributed by atoms with Crippen molar-refractivity contribution in [2.24, 2.45) is 0 Å². The summed E-state index contributed by atoms with van der Waals surface area (Å²) in [5, 5.41) is 8.47. The van der Waals surface area contributed by atoms with Crippen LogP contribution in [0.5, 0.6) is 0 Å². The fraction of sp³-hybridized carbons (Fsp3) is 0.250. The molecule has 0 amide bonds. The number of ether oxygens (including phenoxy) is 2. The molecule has 3 nitrogen and oxygen atoms in total. The van der Waals surface area contributed by atoms with Gasteiger partial charge in [-0.1, -0.05) is 24.3 Å². The molecule has 0 radical (unpaired) electrons. The molecule has 0 aliphatic heterocycles. The minimum absolute atomic E-state index is 0.399. The van der Waals surface area contributed by atoms with E-state index in [-0.39, 0.29) is 0 Å². The molecule has 0 spiro atoms. The van der Waals surface area contributed by atoms with Gasteiger partial charge < -0.3 is 9.47 Å². The molecule has 1 aromatic carbocycles. The van der Waals surface area contributed by atoms with Gasteiger partial charge in [-0.3, -0.25) is 0 Å². The molecule has 0 unspecified atom stereocenters. The van der Waals surface area contributed by atoms with Crippen molar-refractivity contribution in [1.82, 2.24) is 0 Å². The van der Waals surface area contributed by atoms with Gasteiger partial charge in [-0.25, -0.2) is 0 Å². The average Bonchev–Trinajstić information content (AvgIpc) is 2.29. The number of methoxy groups -OCH3 is 2. The fourth-order valence-corrected chi connectivity index (χ4v) is 1.35. The normalized spacial score (nSPS) is 10.8. The minimum atomic E-state index is -0.399. The second-order valence-corrected chi connectivity index (χ2v) is 2.89. The van der Waals surface area contributed by atoms with E-state index in [1.807, 2.05) is 30.3 Å². The molecule has 0 atom stereocenters. The summed E-state index contributed by atoms with van der Waals surface area (Å²) in [4.78, 5) is 0. The van der Waals surface area contributed by atoms with Crippen LogP contribution in [0, 0.1) is 11.3 Å². The molecule has 0 N–H and O–H groups in total. The Morgan fingerprint density at radius 1 is 1.27 bits per heavy atom. The van der Waals surface area contributed by atoms with E-state index in [1.165, 1.54) is 6.08 Å². The van der Waals surface area contributed by atoms with Gasteiger partial charge in [0.25, 0.3) is 0 Å². The lowest BCUT2D eigenvalue weighted by molar-refractivity contribution is -0.106. The van der Waals surface area contributed by atoms with E-state index in [4.69, 9.17) is 14.7 Å². The third-order valence-electron chi connectivity index (χ3n) is 2.02. The molecular formula is C12H13NO2. The SMILES string of the molecule is COC(OC)c1ccccc1/C=C/C#N. The van der Waals surface area contributed by atoms with E-state index in [0.717, 1.165) is 11.1 Å². The maximum Gasteiger partial charge on any atom is 0.183 e. The van der Waals surface area contributed by atoms with E-state index >= 15 is 0 Å². The fourth-order valence-electron chi connectivity index (χ4n) is 1.35. The highest BCUT2D eigenvalue weighted by Crippen LogP contribution is 2.22. The maximum absolute atomic E-state index is 8.47. The number of nitriles is 1. The topological polar surface area (TPSA) is 42.2 Å². The van der Waals surface area contributed by atoms with Crippen molar-refractivity contribution in [1.29, 1.82) is 5.26 Å². The minimum Gasteiger partial charge on any atom is -0.352 e. The smallest absolute Gasteiger partial charge is 0.183 e. The summed E-state index contributed by atoms with van der Waals surface area (Å²) in [5.74, 6) is 0. The van der Waals surface area contributed by atoms with Crippen LogP contribution in [0.15, 0.2) is 30.3 Å². The zero-order chi connectivity index (χ0) is 11.1. The van der Waals surface area contributed by atoms with Crippen LogP contribution in [0.3, 0.4) is 0 Å². The first kappa shape index (κ1) is 11.4. The molecule has 0 heterocycles. The first-order valence-corrected chi connectivity index (χ1v) is 4.54. The Hall–Kier alpha value is -1.63. The second-order valence-electron chi connectivity index (χ2n) is 2.89. The highest BCUT2D eigenvalue weighted by Gasteiger charge is 2.11. The van der Waals surface area contributed by atoms with Crippen LogP contribution in [-0.4, -0.2) is 14.2 Å². The van der Waals surface area contributed by atoms with Crippen LogP contribution in [0.1, 0.15) is 17.4 Å². The van der Waals surface area contributed by atoms with Crippen molar-refractivity contribution < 1.29 is 9.47 Å². The molecule has 0 saturated carbocycles. The Bertz CT molecular complexity index is 375. The van der Waals surface area contributed by atoms with Crippen LogP contribution in [0.2, 0.25) is 0 Å². The van der Waals surface area contributed by atoms with Crippen molar-refractivity contribution in [3.05, 3.63) is 41.5 Å². The summed E-state index contributed by atoms with van der Waals surface area (Å²) >= 11 is 0. The number of benzene rings is 1. The lowest BCUT2D eigenvalue weighted by Gasteiger charge is -2.15. The van der Waals surface area contributed by atoms with Crippen molar-refractivity contribution in [3.8, 4) is 6.07 Å². The molecule has 0 bridgehead atoms. The van der Waals surface area contributed by atoms with E-state index in [1.54, 1.807) is 20.3 Å². The number of hydrogen-bond donors (Lipinski definition) is 0. The quantitative estimate of drug-likeness (QED) is 0.557. The lowest BCUT2D eigenvalue weighted by atomic mass is 10.1. The van der Waals surface area contributed by atoms with Gasteiger partial charge >= 0.3 is 0 Å². The predicted molar refractivity (Wildman–Crippen MR) is 57.8 cm³/mol. The summed E-state index contributed by atoms with van der Waals surface area (Å²) < 4.78 is 10.3. The Balaban J connectivity index is 3.06. The Kier molecular flexibility index (Phi) is 4.55. The number of hydrogen-bond acceptors (Lipinski definition) is 3. The van der Waals surface area contributed by atoms with Gasteiger partial charge in [0, 0.05) is 25.9 Å².